The van der Waals surface area contributed by atoms with Crippen molar-refractivity contribution in [1.82, 2.24) is 9.80 Å². The Morgan fingerprint density at radius 3 is 2.60 bits per heavy atom. The Balaban J connectivity index is 1.68. The maximum absolute atomic E-state index is 14.0. The molecule has 6 nitrogen and oxygen atoms in total. The highest BCUT2D eigenvalue weighted by atomic mass is 35.5. The molecule has 1 fully saturated rings. The number of para-hydroxylation sites is 1. The normalized spacial score (nSPS) is 21.5. The predicted molar refractivity (Wildman–Crippen MR) is 136 cm³/mol. The fourth-order valence-corrected chi connectivity index (χ4v) is 5.49. The molecule has 7 heteroatoms. The first-order valence-electron chi connectivity index (χ1n) is 11.8. The zero-order valence-corrected chi connectivity index (χ0v) is 20.6. The molecule has 3 aromatic carbocycles. The minimum atomic E-state index is -1.25. The van der Waals surface area contributed by atoms with Crippen LogP contribution in [0.2, 0.25) is 5.02 Å². The Hall–Kier alpha value is -3.35. The summed E-state index contributed by atoms with van der Waals surface area (Å²) < 4.78 is 6.32. The monoisotopic (exact) mass is 489 g/mol. The summed E-state index contributed by atoms with van der Waals surface area (Å²) in [7, 11) is 3.50. The van der Waals surface area contributed by atoms with Gasteiger partial charge in [-0.15, -0.1) is 0 Å². The molecule has 180 valence electrons. The molecule has 1 N–H and O–H groups in total. The van der Waals surface area contributed by atoms with Gasteiger partial charge in [0.2, 0.25) is 5.91 Å². The highest BCUT2D eigenvalue weighted by Crippen LogP contribution is 2.51. The first kappa shape index (κ1) is 23.4. The van der Waals surface area contributed by atoms with Crippen molar-refractivity contribution >= 4 is 29.1 Å². The van der Waals surface area contributed by atoms with Crippen molar-refractivity contribution in [2.75, 3.05) is 26.0 Å². The van der Waals surface area contributed by atoms with Crippen LogP contribution in [0, 0.1) is 0 Å². The second-order valence-electron chi connectivity index (χ2n) is 9.21. The molecule has 3 aromatic rings. The maximum atomic E-state index is 14.0. The van der Waals surface area contributed by atoms with Crippen molar-refractivity contribution in [3.05, 3.63) is 94.5 Å². The van der Waals surface area contributed by atoms with Gasteiger partial charge in [-0.1, -0.05) is 60.1 Å². The Labute approximate surface area is 210 Å². The summed E-state index contributed by atoms with van der Waals surface area (Å²) in [4.78, 5) is 30.9. The second kappa shape index (κ2) is 9.36. The predicted octanol–water partition coefficient (Wildman–Crippen LogP) is 4.67. The molecule has 0 spiro atoms. The van der Waals surface area contributed by atoms with Gasteiger partial charge >= 0.3 is 0 Å². The number of rotatable bonds is 6. The number of hydrogen-bond acceptors (Lipinski definition) is 4. The third-order valence-electron chi connectivity index (χ3n) is 6.87. The number of likely N-dealkylation sites (N-methyl/N-ethyl adjacent to an activating group) is 1. The van der Waals surface area contributed by atoms with Crippen molar-refractivity contribution in [1.29, 1.82) is 0 Å². The number of hydrogen-bond donors (Lipinski definition) is 1. The van der Waals surface area contributed by atoms with Crippen LogP contribution in [0.4, 0.5) is 5.69 Å². The molecular weight excluding hydrogens is 462 g/mol. The zero-order valence-electron chi connectivity index (χ0n) is 19.8. The second-order valence-corrected chi connectivity index (χ2v) is 9.65. The molecular formula is C28H28ClN3O3. The van der Waals surface area contributed by atoms with E-state index in [2.05, 4.69) is 5.32 Å². The molecule has 0 aliphatic carbocycles. The third kappa shape index (κ3) is 3.97. The van der Waals surface area contributed by atoms with E-state index in [1.54, 1.807) is 25.1 Å². The number of nitrogens with one attached hydrogen (secondary N) is 1. The fraction of sp³-hybridized carbons (Fsp3) is 0.286. The van der Waals surface area contributed by atoms with Gasteiger partial charge in [-0.25, -0.2) is 0 Å². The van der Waals surface area contributed by atoms with E-state index >= 15 is 0 Å². The van der Waals surface area contributed by atoms with E-state index in [1.807, 2.05) is 71.6 Å². The Morgan fingerprint density at radius 1 is 1.09 bits per heavy atom. The number of amides is 2. The number of carbonyl (C=O) groups excluding carboxylic acids is 2. The summed E-state index contributed by atoms with van der Waals surface area (Å²) in [6.07, 6.45) is 1.48. The third-order valence-corrected chi connectivity index (χ3v) is 7.11. The number of anilines is 1. The van der Waals surface area contributed by atoms with Gasteiger partial charge in [0, 0.05) is 42.5 Å². The van der Waals surface area contributed by atoms with Gasteiger partial charge in [0.25, 0.3) is 5.91 Å². The van der Waals surface area contributed by atoms with Crippen LogP contribution < -0.4 is 10.1 Å². The molecule has 1 saturated heterocycles. The molecule has 5 rings (SSSR count). The minimum Gasteiger partial charge on any atom is -0.489 e. The van der Waals surface area contributed by atoms with Gasteiger partial charge < -0.3 is 15.0 Å². The number of nitrogens with zero attached hydrogens (tertiary/aromatic N) is 2. The Kier molecular flexibility index (Phi) is 6.26. The molecule has 35 heavy (non-hydrogen) atoms. The van der Waals surface area contributed by atoms with Gasteiger partial charge in [0.15, 0.2) is 5.54 Å². The molecule has 0 aromatic heterocycles. The molecule has 2 heterocycles. The van der Waals surface area contributed by atoms with Gasteiger partial charge in [-0.05, 0) is 42.7 Å². The lowest BCUT2D eigenvalue weighted by Gasteiger charge is -2.41. The van der Waals surface area contributed by atoms with E-state index in [0.717, 1.165) is 17.5 Å². The number of ether oxygens (including phenoxy) is 1. The van der Waals surface area contributed by atoms with Crippen molar-refractivity contribution in [3.8, 4) is 5.75 Å². The maximum Gasteiger partial charge on any atom is 0.254 e. The SMILES string of the molecule is CN(C)C(=O)[C@@H]1CCCN1C1(c2ccccc2OCc2ccccc2)C(=O)Nc2ccc(Cl)cc21. The van der Waals surface area contributed by atoms with Crippen LogP contribution in [0.5, 0.6) is 5.75 Å². The number of benzene rings is 3. The van der Waals surface area contributed by atoms with Crippen LogP contribution in [-0.2, 0) is 21.7 Å². The van der Waals surface area contributed by atoms with Gasteiger partial charge in [0.1, 0.15) is 12.4 Å². The average molecular weight is 490 g/mol. The van der Waals surface area contributed by atoms with Gasteiger partial charge in [-0.3, -0.25) is 14.5 Å². The van der Waals surface area contributed by atoms with E-state index in [1.165, 1.54) is 0 Å². The van der Waals surface area contributed by atoms with Gasteiger partial charge in [-0.2, -0.15) is 0 Å². The van der Waals surface area contributed by atoms with E-state index < -0.39 is 11.6 Å². The molecule has 0 saturated carbocycles. The highest BCUT2D eigenvalue weighted by molar-refractivity contribution is 6.31. The van der Waals surface area contributed by atoms with Crippen LogP contribution in [0.3, 0.4) is 0 Å². The molecule has 2 amide bonds. The number of fused-ring (bicyclic) bond motifs is 1. The Morgan fingerprint density at radius 2 is 1.83 bits per heavy atom. The van der Waals surface area contributed by atoms with Crippen molar-refractivity contribution in [2.24, 2.45) is 0 Å². The van der Waals surface area contributed by atoms with Crippen LogP contribution in [-0.4, -0.2) is 48.3 Å². The first-order valence-corrected chi connectivity index (χ1v) is 12.2. The molecule has 2 atom stereocenters. The van der Waals surface area contributed by atoms with Gasteiger partial charge in [0.05, 0.1) is 6.04 Å². The van der Waals surface area contributed by atoms with Crippen LogP contribution in [0.1, 0.15) is 29.5 Å². The van der Waals surface area contributed by atoms with E-state index in [4.69, 9.17) is 16.3 Å². The number of carbonyl (C=O) groups is 2. The van der Waals surface area contributed by atoms with Crippen molar-refractivity contribution in [3.63, 3.8) is 0 Å². The van der Waals surface area contributed by atoms with Crippen LogP contribution in [0.15, 0.2) is 72.8 Å². The fourth-order valence-electron chi connectivity index (χ4n) is 5.32. The topological polar surface area (TPSA) is 61.9 Å². The quantitative estimate of drug-likeness (QED) is 0.546. The molecule has 1 unspecified atom stereocenters. The van der Waals surface area contributed by atoms with E-state index in [9.17, 15) is 9.59 Å². The average Bonchev–Trinajstić information content (AvgIpc) is 3.45. The van der Waals surface area contributed by atoms with Crippen LogP contribution >= 0.6 is 11.6 Å². The summed E-state index contributed by atoms with van der Waals surface area (Å²) >= 11 is 6.46. The number of likely N-dealkylation sites (tertiary alicyclic amines) is 1. The largest absolute Gasteiger partial charge is 0.489 e. The van der Waals surface area contributed by atoms with Crippen molar-refractivity contribution in [2.45, 2.75) is 31.0 Å². The molecule has 0 bridgehead atoms. The smallest absolute Gasteiger partial charge is 0.254 e. The van der Waals surface area contributed by atoms with Crippen LogP contribution in [0.25, 0.3) is 0 Å². The summed E-state index contributed by atoms with van der Waals surface area (Å²) in [5.74, 6) is 0.374. The van der Waals surface area contributed by atoms with Crippen molar-refractivity contribution < 1.29 is 14.3 Å². The lowest BCUT2D eigenvalue weighted by molar-refractivity contribution is -0.138. The van der Waals surface area contributed by atoms with E-state index in [-0.39, 0.29) is 11.8 Å². The zero-order chi connectivity index (χ0) is 24.6. The lowest BCUT2D eigenvalue weighted by atomic mass is 9.80. The Bertz CT molecular complexity index is 1260. The first-order chi connectivity index (χ1) is 16.9. The summed E-state index contributed by atoms with van der Waals surface area (Å²) in [6, 6.07) is 22.5. The summed E-state index contributed by atoms with van der Waals surface area (Å²) in [5.41, 5.74) is 1.91. The molecule has 2 aliphatic heterocycles. The number of halogens is 1. The minimum absolute atomic E-state index is 0.0205. The summed E-state index contributed by atoms with van der Waals surface area (Å²) in [5, 5.41) is 3.59. The summed E-state index contributed by atoms with van der Waals surface area (Å²) in [6.45, 7) is 0.953. The molecule has 2 aliphatic rings. The van der Waals surface area contributed by atoms with E-state index in [0.29, 0.717) is 41.6 Å². The standard InChI is InChI=1S/C28H28ClN3O3/c1-31(2)26(33)24-12-8-16-32(24)28(22-17-20(29)14-15-23(22)30-27(28)34)21-11-6-7-13-25(21)35-18-19-9-4-3-5-10-19/h3-7,9-11,13-15,17,24H,8,12,16,18H2,1-2H3,(H,30,34)/t24-,28?/m0/s1. The lowest BCUT2D eigenvalue weighted by Crippen LogP contribution is -2.57. The highest BCUT2D eigenvalue weighted by Gasteiger charge is 2.58. The molecule has 0 radical (unpaired) electrons.